The summed E-state index contributed by atoms with van der Waals surface area (Å²) in [5.41, 5.74) is 1.93. The van der Waals surface area contributed by atoms with E-state index in [0.29, 0.717) is 43.4 Å². The van der Waals surface area contributed by atoms with Gasteiger partial charge in [-0.25, -0.2) is 14.8 Å². The minimum absolute atomic E-state index is 0.00106. The summed E-state index contributed by atoms with van der Waals surface area (Å²) in [7, 11) is 0. The van der Waals surface area contributed by atoms with E-state index in [4.69, 9.17) is 0 Å². The van der Waals surface area contributed by atoms with E-state index < -0.39 is 6.03 Å². The van der Waals surface area contributed by atoms with E-state index in [1.54, 1.807) is 41.6 Å². The summed E-state index contributed by atoms with van der Waals surface area (Å²) in [5, 5.41) is 8.44. The molecule has 1 aliphatic heterocycles. The number of hydrogen-bond acceptors (Lipinski definition) is 6. The van der Waals surface area contributed by atoms with Crippen LogP contribution < -0.4 is 20.9 Å². The molecule has 10 heteroatoms. The number of carbonyl (C=O) groups excluding carboxylic acids is 3. The van der Waals surface area contributed by atoms with Gasteiger partial charge in [0.25, 0.3) is 5.91 Å². The third-order valence-electron chi connectivity index (χ3n) is 5.75. The van der Waals surface area contributed by atoms with Crippen molar-refractivity contribution in [1.29, 1.82) is 0 Å². The number of aryl methyl sites for hydroxylation is 1. The molecule has 2 heterocycles. The van der Waals surface area contributed by atoms with Gasteiger partial charge in [0.1, 0.15) is 0 Å². The number of rotatable bonds is 7. The molecule has 0 bridgehead atoms. The number of anilines is 2. The minimum atomic E-state index is -0.406. The van der Waals surface area contributed by atoms with Gasteiger partial charge >= 0.3 is 6.03 Å². The van der Waals surface area contributed by atoms with Crippen LogP contribution in [0.4, 0.5) is 16.4 Å². The summed E-state index contributed by atoms with van der Waals surface area (Å²) >= 11 is 0. The maximum Gasteiger partial charge on any atom is 0.319 e. The lowest BCUT2D eigenvalue weighted by Gasteiger charge is -2.34. The summed E-state index contributed by atoms with van der Waals surface area (Å²) < 4.78 is 0. The zero-order valence-corrected chi connectivity index (χ0v) is 18.7. The van der Waals surface area contributed by atoms with Gasteiger partial charge in [0.05, 0.1) is 0 Å². The SMILES string of the molecule is Cc1ccc(C(=O)NC2CC2)cc1NC(=O)NCCC(=O)N1CCN(c2ncccn2)CC1. The molecule has 1 saturated carbocycles. The Morgan fingerprint density at radius 3 is 2.48 bits per heavy atom. The molecule has 3 N–H and O–H groups in total. The fourth-order valence-corrected chi connectivity index (χ4v) is 3.61. The number of hydrogen-bond donors (Lipinski definition) is 3. The molecule has 4 rings (SSSR count). The van der Waals surface area contributed by atoms with E-state index in [0.717, 1.165) is 18.4 Å². The Hall–Kier alpha value is -3.69. The summed E-state index contributed by atoms with van der Waals surface area (Å²) in [5.74, 6) is 0.539. The number of aromatic nitrogens is 2. The Morgan fingerprint density at radius 2 is 1.79 bits per heavy atom. The van der Waals surface area contributed by atoms with Gasteiger partial charge in [-0.2, -0.15) is 0 Å². The highest BCUT2D eigenvalue weighted by Crippen LogP contribution is 2.21. The molecule has 4 amide bonds. The lowest BCUT2D eigenvalue weighted by atomic mass is 10.1. The van der Waals surface area contributed by atoms with Crippen molar-refractivity contribution in [2.45, 2.75) is 32.2 Å². The summed E-state index contributed by atoms with van der Waals surface area (Å²) in [6.45, 7) is 4.63. The molecule has 2 aliphatic rings. The topological polar surface area (TPSA) is 120 Å². The average Bonchev–Trinajstić information content (AvgIpc) is 3.65. The Bertz CT molecular complexity index is 1000. The second kappa shape index (κ2) is 10.3. The van der Waals surface area contributed by atoms with Crippen molar-refractivity contribution in [1.82, 2.24) is 25.5 Å². The van der Waals surface area contributed by atoms with Crippen molar-refractivity contribution < 1.29 is 14.4 Å². The molecule has 174 valence electrons. The number of carbonyl (C=O) groups is 3. The van der Waals surface area contributed by atoms with Crippen LogP contribution in [0.3, 0.4) is 0 Å². The molecule has 2 fully saturated rings. The Kier molecular flexibility index (Phi) is 7.01. The van der Waals surface area contributed by atoms with Crippen LogP contribution in [0.2, 0.25) is 0 Å². The number of urea groups is 1. The quantitative estimate of drug-likeness (QED) is 0.587. The van der Waals surface area contributed by atoms with Crippen LogP contribution in [0.25, 0.3) is 0 Å². The first-order valence-corrected chi connectivity index (χ1v) is 11.3. The zero-order valence-electron chi connectivity index (χ0n) is 18.7. The van der Waals surface area contributed by atoms with Crippen molar-refractivity contribution in [3.63, 3.8) is 0 Å². The highest BCUT2D eigenvalue weighted by molar-refractivity contribution is 5.97. The third-order valence-corrected chi connectivity index (χ3v) is 5.75. The van der Waals surface area contributed by atoms with Gasteiger partial charge < -0.3 is 25.8 Å². The second-order valence-electron chi connectivity index (χ2n) is 8.32. The van der Waals surface area contributed by atoms with Crippen LogP contribution >= 0.6 is 0 Å². The predicted octanol–water partition coefficient (Wildman–Crippen LogP) is 1.54. The number of nitrogens with one attached hydrogen (secondary N) is 3. The highest BCUT2D eigenvalue weighted by atomic mass is 16.2. The Balaban J connectivity index is 1.19. The second-order valence-corrected chi connectivity index (χ2v) is 8.32. The smallest absolute Gasteiger partial charge is 0.319 e. The molecule has 1 saturated heterocycles. The summed E-state index contributed by atoms with van der Waals surface area (Å²) in [6, 6.07) is 6.87. The van der Waals surface area contributed by atoms with Gasteiger partial charge in [-0.05, 0) is 43.5 Å². The Morgan fingerprint density at radius 1 is 1.06 bits per heavy atom. The lowest BCUT2D eigenvalue weighted by Crippen LogP contribution is -2.49. The van der Waals surface area contributed by atoms with Crippen molar-refractivity contribution >= 4 is 29.5 Å². The summed E-state index contributed by atoms with van der Waals surface area (Å²) in [4.78, 5) is 49.4. The first-order valence-electron chi connectivity index (χ1n) is 11.3. The molecular formula is C23H29N7O3. The number of piperazine rings is 1. The van der Waals surface area contributed by atoms with Crippen LogP contribution in [-0.2, 0) is 4.79 Å². The van der Waals surface area contributed by atoms with Crippen LogP contribution in [0.15, 0.2) is 36.7 Å². The molecule has 2 aromatic rings. The maximum atomic E-state index is 12.5. The fraction of sp³-hybridized carbons (Fsp3) is 0.435. The number of benzene rings is 1. The average molecular weight is 452 g/mol. The molecular weight excluding hydrogens is 422 g/mol. The van der Waals surface area contributed by atoms with E-state index in [1.807, 2.05) is 6.92 Å². The standard InChI is InChI=1S/C23H29N7O3/c1-16-3-4-17(21(32)27-18-5-6-18)15-19(16)28-23(33)26-10-7-20(31)29-11-13-30(14-12-29)22-24-8-2-9-25-22/h2-4,8-9,15,18H,5-7,10-14H2,1H3,(H,27,32)(H2,26,28,33). The molecule has 0 atom stereocenters. The zero-order chi connectivity index (χ0) is 23.2. The largest absolute Gasteiger partial charge is 0.349 e. The number of nitrogens with zero attached hydrogens (tertiary/aromatic N) is 4. The van der Waals surface area contributed by atoms with Crippen molar-refractivity contribution in [2.75, 3.05) is 42.9 Å². The minimum Gasteiger partial charge on any atom is -0.349 e. The number of amides is 4. The third kappa shape index (κ3) is 6.18. The Labute approximate surface area is 192 Å². The normalized spacial score (nSPS) is 15.7. The van der Waals surface area contributed by atoms with Crippen molar-refractivity contribution in [2.24, 2.45) is 0 Å². The van der Waals surface area contributed by atoms with Crippen molar-refractivity contribution in [3.8, 4) is 0 Å². The first kappa shape index (κ1) is 22.5. The van der Waals surface area contributed by atoms with Crippen LogP contribution in [0.1, 0.15) is 35.2 Å². The first-order chi connectivity index (χ1) is 16.0. The predicted molar refractivity (Wildman–Crippen MR) is 124 cm³/mol. The molecule has 33 heavy (non-hydrogen) atoms. The van der Waals surface area contributed by atoms with Crippen LogP contribution in [-0.4, -0.2) is 71.5 Å². The van der Waals surface area contributed by atoms with E-state index in [2.05, 4.69) is 30.8 Å². The van der Waals surface area contributed by atoms with Gasteiger partial charge in [-0.1, -0.05) is 6.07 Å². The van der Waals surface area contributed by atoms with Gasteiger partial charge in [-0.15, -0.1) is 0 Å². The van der Waals surface area contributed by atoms with Crippen LogP contribution in [0.5, 0.6) is 0 Å². The van der Waals surface area contributed by atoms with Crippen molar-refractivity contribution in [3.05, 3.63) is 47.8 Å². The van der Waals surface area contributed by atoms with E-state index in [-0.39, 0.29) is 30.8 Å². The van der Waals surface area contributed by atoms with E-state index in [1.165, 1.54) is 0 Å². The maximum absolute atomic E-state index is 12.5. The summed E-state index contributed by atoms with van der Waals surface area (Å²) in [6.07, 6.45) is 5.66. The fourth-order valence-electron chi connectivity index (χ4n) is 3.61. The lowest BCUT2D eigenvalue weighted by molar-refractivity contribution is -0.131. The van der Waals surface area contributed by atoms with Gasteiger partial charge in [0, 0.05) is 68.8 Å². The van der Waals surface area contributed by atoms with Gasteiger partial charge in [0.15, 0.2) is 0 Å². The molecule has 10 nitrogen and oxygen atoms in total. The monoisotopic (exact) mass is 451 g/mol. The van der Waals surface area contributed by atoms with E-state index >= 15 is 0 Å². The molecule has 1 aromatic carbocycles. The molecule has 1 aromatic heterocycles. The molecule has 1 aliphatic carbocycles. The highest BCUT2D eigenvalue weighted by Gasteiger charge is 2.24. The molecule has 0 radical (unpaired) electrons. The van der Waals surface area contributed by atoms with Gasteiger partial charge in [-0.3, -0.25) is 9.59 Å². The van der Waals surface area contributed by atoms with E-state index in [9.17, 15) is 14.4 Å². The molecule has 0 spiro atoms. The van der Waals surface area contributed by atoms with Gasteiger partial charge in [0.2, 0.25) is 11.9 Å². The molecule has 0 unspecified atom stereocenters. The van der Waals surface area contributed by atoms with Crippen LogP contribution in [0, 0.1) is 6.92 Å².